The molecule has 0 aromatic heterocycles. The number of hydrogen-bond acceptors (Lipinski definition) is 4. The van der Waals surface area contributed by atoms with E-state index in [-0.39, 0.29) is 6.42 Å². The van der Waals surface area contributed by atoms with Crippen LogP contribution in [0.4, 0.5) is 4.79 Å². The fourth-order valence-electron chi connectivity index (χ4n) is 0.992. The fraction of sp³-hybridized carbons (Fsp3) is 0.636. The van der Waals surface area contributed by atoms with Gasteiger partial charge in [0.1, 0.15) is 5.60 Å². The molecule has 0 aliphatic carbocycles. The number of aliphatic carboxylic acids is 1. The van der Waals surface area contributed by atoms with E-state index in [1.807, 2.05) is 0 Å². The van der Waals surface area contributed by atoms with Gasteiger partial charge in [0.25, 0.3) is 0 Å². The second-order valence-corrected chi connectivity index (χ2v) is 4.68. The van der Waals surface area contributed by atoms with Crippen LogP contribution in [0.5, 0.6) is 0 Å². The molecule has 0 aliphatic heterocycles. The first-order valence-corrected chi connectivity index (χ1v) is 4.96. The molecule has 1 amide bonds. The smallest absolute Gasteiger partial charge is 0.408 e. The zero-order chi connectivity index (χ0) is 12.9. The maximum absolute atomic E-state index is 11.3. The highest BCUT2D eigenvalue weighted by molar-refractivity contribution is 5.79. The third kappa shape index (κ3) is 6.86. The number of carbonyl (C=O) groups excluding carboxylic acids is 2. The zero-order valence-electron chi connectivity index (χ0n) is 10.1. The van der Waals surface area contributed by atoms with Gasteiger partial charge in [-0.05, 0) is 34.1 Å². The quantitative estimate of drug-likeness (QED) is 0.714. The summed E-state index contributed by atoms with van der Waals surface area (Å²) in [7, 11) is 0. The van der Waals surface area contributed by atoms with Crippen LogP contribution in [0.25, 0.3) is 0 Å². The van der Waals surface area contributed by atoms with Gasteiger partial charge in [-0.2, -0.15) is 0 Å². The van der Waals surface area contributed by atoms with Gasteiger partial charge in [-0.25, -0.2) is 4.79 Å². The van der Waals surface area contributed by atoms with Crippen LogP contribution >= 0.6 is 0 Å². The number of carbonyl (C=O) groups is 2. The van der Waals surface area contributed by atoms with Gasteiger partial charge >= 0.3 is 6.09 Å². The Morgan fingerprint density at radius 2 is 1.94 bits per heavy atom. The highest BCUT2D eigenvalue weighted by atomic mass is 16.6. The predicted octanol–water partition coefficient (Wildman–Crippen LogP) is 0.596. The molecule has 0 aromatic rings. The van der Waals surface area contributed by atoms with E-state index in [1.54, 1.807) is 27.7 Å². The SMILES string of the molecule is C=C(C)C[C@H](NC(=O)OC(C)(C)C)C(=O)[O-]. The lowest BCUT2D eigenvalue weighted by molar-refractivity contribution is -0.308. The summed E-state index contributed by atoms with van der Waals surface area (Å²) in [5.41, 5.74) is -0.0191. The molecule has 0 bridgehead atoms. The van der Waals surface area contributed by atoms with Crippen molar-refractivity contribution in [2.75, 3.05) is 0 Å². The van der Waals surface area contributed by atoms with Crippen molar-refractivity contribution in [3.63, 3.8) is 0 Å². The molecule has 0 fully saturated rings. The van der Waals surface area contributed by atoms with Gasteiger partial charge in [-0.3, -0.25) is 0 Å². The molecular formula is C11H18NO4-. The summed E-state index contributed by atoms with van der Waals surface area (Å²) in [6.07, 6.45) is -0.648. The van der Waals surface area contributed by atoms with E-state index in [1.165, 1.54) is 0 Å². The number of alkyl carbamates (subject to hydrolysis) is 1. The Hall–Kier alpha value is -1.52. The Morgan fingerprint density at radius 1 is 1.44 bits per heavy atom. The Balaban J connectivity index is 4.35. The average Bonchev–Trinajstić information content (AvgIpc) is 1.97. The number of hydrogen-bond donors (Lipinski definition) is 1. The first-order valence-electron chi connectivity index (χ1n) is 4.96. The van der Waals surface area contributed by atoms with Crippen LogP contribution in [-0.4, -0.2) is 23.7 Å². The van der Waals surface area contributed by atoms with Gasteiger partial charge in [0.2, 0.25) is 0 Å². The summed E-state index contributed by atoms with van der Waals surface area (Å²) in [5, 5.41) is 12.9. The topological polar surface area (TPSA) is 78.5 Å². The van der Waals surface area contributed by atoms with Gasteiger partial charge in [0, 0.05) is 0 Å². The Kier molecular flexibility index (Phi) is 5.01. The van der Waals surface area contributed by atoms with Crippen LogP contribution < -0.4 is 10.4 Å². The van der Waals surface area contributed by atoms with Crippen LogP contribution in [0, 0.1) is 0 Å². The summed E-state index contributed by atoms with van der Waals surface area (Å²) in [4.78, 5) is 22.0. The number of carboxylic acid groups (broad SMARTS) is 1. The summed E-state index contributed by atoms with van der Waals surface area (Å²) in [6, 6.07) is -1.10. The van der Waals surface area contributed by atoms with Crippen molar-refractivity contribution in [3.05, 3.63) is 12.2 Å². The van der Waals surface area contributed by atoms with Crippen LogP contribution in [0.3, 0.4) is 0 Å². The van der Waals surface area contributed by atoms with Crippen LogP contribution in [0.2, 0.25) is 0 Å². The molecule has 0 saturated carbocycles. The van der Waals surface area contributed by atoms with Crippen molar-refractivity contribution < 1.29 is 19.4 Å². The normalized spacial score (nSPS) is 12.8. The van der Waals surface area contributed by atoms with Gasteiger partial charge in [-0.15, -0.1) is 6.58 Å². The van der Waals surface area contributed by atoms with Gasteiger partial charge in [-0.1, -0.05) is 5.57 Å². The van der Waals surface area contributed by atoms with Crippen molar-refractivity contribution in [1.29, 1.82) is 0 Å². The highest BCUT2D eigenvalue weighted by Gasteiger charge is 2.19. The largest absolute Gasteiger partial charge is 0.548 e. The standard InChI is InChI=1S/C11H19NO4/c1-7(2)6-8(9(13)14)12-10(15)16-11(3,4)5/h8H,1,6H2,2-5H3,(H,12,15)(H,13,14)/p-1/t8-/m0/s1. The third-order valence-corrected chi connectivity index (χ3v) is 1.53. The van der Waals surface area contributed by atoms with E-state index in [4.69, 9.17) is 4.74 Å². The van der Waals surface area contributed by atoms with Crippen molar-refractivity contribution in [1.82, 2.24) is 5.32 Å². The maximum Gasteiger partial charge on any atom is 0.408 e. The van der Waals surface area contributed by atoms with E-state index < -0.39 is 23.7 Å². The molecule has 0 rings (SSSR count). The molecule has 0 aromatic carbocycles. The van der Waals surface area contributed by atoms with E-state index >= 15 is 0 Å². The minimum atomic E-state index is -1.35. The molecule has 0 heterocycles. The number of ether oxygens (including phenoxy) is 1. The number of rotatable bonds is 4. The van der Waals surface area contributed by atoms with Gasteiger partial charge in [0.15, 0.2) is 0 Å². The molecule has 0 aliphatic rings. The summed E-state index contributed by atoms with van der Waals surface area (Å²) >= 11 is 0. The molecule has 1 N–H and O–H groups in total. The zero-order valence-corrected chi connectivity index (χ0v) is 10.1. The Bertz CT molecular complexity index is 291. The lowest BCUT2D eigenvalue weighted by atomic mass is 10.1. The van der Waals surface area contributed by atoms with Crippen molar-refractivity contribution >= 4 is 12.1 Å². The van der Waals surface area contributed by atoms with Crippen LogP contribution in [0.15, 0.2) is 12.2 Å². The average molecular weight is 228 g/mol. The Morgan fingerprint density at radius 3 is 2.25 bits per heavy atom. The third-order valence-electron chi connectivity index (χ3n) is 1.53. The molecule has 0 saturated heterocycles. The molecule has 0 radical (unpaired) electrons. The molecule has 0 spiro atoms. The number of carboxylic acids is 1. The van der Waals surface area contributed by atoms with E-state index in [9.17, 15) is 14.7 Å². The molecule has 5 heteroatoms. The first kappa shape index (κ1) is 14.5. The first-order chi connectivity index (χ1) is 7.11. The van der Waals surface area contributed by atoms with Crippen LogP contribution in [0.1, 0.15) is 34.1 Å². The summed E-state index contributed by atoms with van der Waals surface area (Å²) in [5.74, 6) is -1.35. The maximum atomic E-state index is 11.3. The fourth-order valence-corrected chi connectivity index (χ4v) is 0.992. The molecular weight excluding hydrogens is 210 g/mol. The second kappa shape index (κ2) is 5.53. The number of nitrogens with one attached hydrogen (secondary N) is 1. The number of amides is 1. The van der Waals surface area contributed by atoms with Crippen molar-refractivity contribution in [2.45, 2.75) is 45.8 Å². The monoisotopic (exact) mass is 228 g/mol. The van der Waals surface area contributed by atoms with E-state index in [0.29, 0.717) is 5.57 Å². The molecule has 1 atom stereocenters. The van der Waals surface area contributed by atoms with E-state index in [2.05, 4.69) is 11.9 Å². The summed E-state index contributed by atoms with van der Waals surface area (Å²) in [6.45, 7) is 10.3. The van der Waals surface area contributed by atoms with Gasteiger partial charge < -0.3 is 20.0 Å². The summed E-state index contributed by atoms with van der Waals surface area (Å²) < 4.78 is 4.93. The van der Waals surface area contributed by atoms with Crippen molar-refractivity contribution in [2.24, 2.45) is 0 Å². The molecule has 0 unspecified atom stereocenters. The van der Waals surface area contributed by atoms with Gasteiger partial charge in [0.05, 0.1) is 12.0 Å². The lowest BCUT2D eigenvalue weighted by Gasteiger charge is -2.24. The Labute approximate surface area is 95.5 Å². The lowest BCUT2D eigenvalue weighted by Crippen LogP contribution is -2.49. The minimum absolute atomic E-state index is 0.127. The molecule has 92 valence electrons. The highest BCUT2D eigenvalue weighted by Crippen LogP contribution is 2.08. The predicted molar refractivity (Wildman–Crippen MR) is 57.6 cm³/mol. The van der Waals surface area contributed by atoms with E-state index in [0.717, 1.165) is 0 Å². The van der Waals surface area contributed by atoms with Crippen molar-refractivity contribution in [3.8, 4) is 0 Å². The second-order valence-electron chi connectivity index (χ2n) is 4.68. The molecule has 5 nitrogen and oxygen atoms in total. The molecule has 16 heavy (non-hydrogen) atoms. The van der Waals surface area contributed by atoms with Crippen LogP contribution in [-0.2, 0) is 9.53 Å². The minimum Gasteiger partial charge on any atom is -0.548 e.